The van der Waals surface area contributed by atoms with Crippen LogP contribution in [0.25, 0.3) is 20.2 Å². The number of rotatable bonds is 4. The molecule has 1 aromatic heterocycles. The van der Waals surface area contributed by atoms with E-state index in [2.05, 4.69) is 24.3 Å². The average molecular weight is 296 g/mol. The molecule has 0 bridgehead atoms. The number of carbonyl (C=O) groups excluding carboxylic acids is 2. The number of ketones is 2. The van der Waals surface area contributed by atoms with Gasteiger partial charge in [0.2, 0.25) is 0 Å². The highest BCUT2D eigenvalue weighted by molar-refractivity contribution is 7.25. The number of hydrogen-bond donors (Lipinski definition) is 0. The molecule has 0 saturated carbocycles. The molecular weight excluding hydrogens is 280 g/mol. The van der Waals surface area contributed by atoms with E-state index >= 15 is 0 Å². The summed E-state index contributed by atoms with van der Waals surface area (Å²) in [5, 5.41) is 2.40. The van der Waals surface area contributed by atoms with Crippen LogP contribution < -0.4 is 0 Å². The van der Waals surface area contributed by atoms with Crippen LogP contribution in [0.15, 0.2) is 36.4 Å². The SMILES string of the molecule is CC(=O)Cc1ccc2c(c1)sc1ccc(CC(C)=O)cc12. The number of carbonyl (C=O) groups is 2. The van der Waals surface area contributed by atoms with Crippen molar-refractivity contribution in [3.63, 3.8) is 0 Å². The standard InChI is InChI=1S/C18H16O2S/c1-11(19)7-13-4-6-17-16(9-13)15-5-3-14(8-12(2)20)10-18(15)21-17/h3-6,9-10H,7-8H2,1-2H3. The zero-order valence-electron chi connectivity index (χ0n) is 12.1. The molecule has 21 heavy (non-hydrogen) atoms. The summed E-state index contributed by atoms with van der Waals surface area (Å²) in [5.41, 5.74) is 2.12. The lowest BCUT2D eigenvalue weighted by atomic mass is 10.0. The van der Waals surface area contributed by atoms with Gasteiger partial charge in [-0.05, 0) is 43.2 Å². The number of thiophene rings is 1. The predicted octanol–water partition coefficient (Wildman–Crippen LogP) is 4.32. The first kappa shape index (κ1) is 14.0. The predicted molar refractivity (Wildman–Crippen MR) is 88.1 cm³/mol. The van der Waals surface area contributed by atoms with Crippen molar-refractivity contribution in [2.24, 2.45) is 0 Å². The topological polar surface area (TPSA) is 34.1 Å². The van der Waals surface area contributed by atoms with Gasteiger partial charge in [-0.15, -0.1) is 11.3 Å². The Morgan fingerprint density at radius 2 is 1.43 bits per heavy atom. The zero-order chi connectivity index (χ0) is 15.0. The summed E-state index contributed by atoms with van der Waals surface area (Å²) < 4.78 is 2.42. The quantitative estimate of drug-likeness (QED) is 0.718. The lowest BCUT2D eigenvalue weighted by Gasteiger charge is -2.00. The Morgan fingerprint density at radius 3 is 2.10 bits per heavy atom. The number of hydrogen-bond acceptors (Lipinski definition) is 3. The van der Waals surface area contributed by atoms with Gasteiger partial charge in [-0.2, -0.15) is 0 Å². The molecule has 2 aromatic carbocycles. The minimum atomic E-state index is 0.178. The van der Waals surface area contributed by atoms with Gasteiger partial charge in [0.25, 0.3) is 0 Å². The van der Waals surface area contributed by atoms with Crippen molar-refractivity contribution in [2.75, 3.05) is 0 Å². The molecule has 1 heterocycles. The highest BCUT2D eigenvalue weighted by atomic mass is 32.1. The molecular formula is C18H16O2S. The van der Waals surface area contributed by atoms with Crippen LogP contribution in [0, 0.1) is 0 Å². The van der Waals surface area contributed by atoms with Crippen LogP contribution >= 0.6 is 11.3 Å². The van der Waals surface area contributed by atoms with E-state index in [9.17, 15) is 9.59 Å². The number of benzene rings is 2. The van der Waals surface area contributed by atoms with E-state index < -0.39 is 0 Å². The fraction of sp³-hybridized carbons (Fsp3) is 0.222. The lowest BCUT2D eigenvalue weighted by molar-refractivity contribution is -0.117. The molecule has 0 aliphatic carbocycles. The molecule has 0 atom stereocenters. The van der Waals surface area contributed by atoms with Crippen LogP contribution in [0.2, 0.25) is 0 Å². The van der Waals surface area contributed by atoms with Crippen LogP contribution in [0.1, 0.15) is 25.0 Å². The maximum Gasteiger partial charge on any atom is 0.134 e. The van der Waals surface area contributed by atoms with E-state index in [1.54, 1.807) is 25.2 Å². The van der Waals surface area contributed by atoms with E-state index in [0.29, 0.717) is 12.8 Å². The van der Waals surface area contributed by atoms with Crippen molar-refractivity contribution in [3.05, 3.63) is 47.5 Å². The van der Waals surface area contributed by atoms with Crippen LogP contribution in [0.4, 0.5) is 0 Å². The van der Waals surface area contributed by atoms with Gasteiger partial charge in [-0.1, -0.05) is 18.2 Å². The summed E-state index contributed by atoms with van der Waals surface area (Å²) in [5.74, 6) is 0.358. The molecule has 0 aliphatic rings. The normalized spacial score (nSPS) is 11.1. The summed E-state index contributed by atoms with van der Waals surface area (Å²) in [6.45, 7) is 3.23. The van der Waals surface area contributed by atoms with Crippen LogP contribution in [-0.2, 0) is 22.4 Å². The van der Waals surface area contributed by atoms with E-state index in [1.165, 1.54) is 20.2 Å². The van der Waals surface area contributed by atoms with Crippen molar-refractivity contribution in [1.29, 1.82) is 0 Å². The summed E-state index contributed by atoms with van der Waals surface area (Å²) >= 11 is 1.73. The molecule has 0 fully saturated rings. The first-order chi connectivity index (χ1) is 10.0. The van der Waals surface area contributed by atoms with Gasteiger partial charge < -0.3 is 0 Å². The van der Waals surface area contributed by atoms with Gasteiger partial charge in [-0.25, -0.2) is 0 Å². The Morgan fingerprint density at radius 1 is 0.810 bits per heavy atom. The van der Waals surface area contributed by atoms with Gasteiger partial charge in [0.05, 0.1) is 0 Å². The second kappa shape index (κ2) is 5.41. The Bertz CT molecular complexity index is 858. The maximum atomic E-state index is 11.3. The molecule has 0 aliphatic heterocycles. The van der Waals surface area contributed by atoms with Gasteiger partial charge in [0.1, 0.15) is 11.6 Å². The maximum absolute atomic E-state index is 11.3. The zero-order valence-corrected chi connectivity index (χ0v) is 12.9. The molecule has 106 valence electrons. The minimum absolute atomic E-state index is 0.178. The molecule has 3 aromatic rings. The minimum Gasteiger partial charge on any atom is -0.300 e. The summed E-state index contributed by atoms with van der Waals surface area (Å²) in [6.07, 6.45) is 0.968. The monoisotopic (exact) mass is 296 g/mol. The van der Waals surface area contributed by atoms with Gasteiger partial charge in [-0.3, -0.25) is 9.59 Å². The van der Waals surface area contributed by atoms with E-state index in [1.807, 2.05) is 12.1 Å². The fourth-order valence-electron chi connectivity index (χ4n) is 2.66. The first-order valence-electron chi connectivity index (χ1n) is 6.96. The lowest BCUT2D eigenvalue weighted by Crippen LogP contribution is -1.95. The third-order valence-electron chi connectivity index (χ3n) is 3.51. The summed E-state index contributed by atoms with van der Waals surface area (Å²) in [4.78, 5) is 22.5. The molecule has 3 rings (SSSR count). The van der Waals surface area contributed by atoms with Crippen molar-refractivity contribution in [2.45, 2.75) is 26.7 Å². The van der Waals surface area contributed by atoms with Crippen molar-refractivity contribution in [3.8, 4) is 0 Å². The Balaban J connectivity index is 2.11. The molecule has 0 N–H and O–H groups in total. The molecule has 0 unspecified atom stereocenters. The van der Waals surface area contributed by atoms with Gasteiger partial charge in [0.15, 0.2) is 0 Å². The molecule has 0 radical (unpaired) electrons. The van der Waals surface area contributed by atoms with E-state index in [0.717, 1.165) is 11.1 Å². The Labute approximate surface area is 127 Å². The average Bonchev–Trinajstić information content (AvgIpc) is 2.74. The van der Waals surface area contributed by atoms with E-state index in [-0.39, 0.29) is 11.6 Å². The smallest absolute Gasteiger partial charge is 0.134 e. The highest BCUT2D eigenvalue weighted by Gasteiger charge is 2.08. The third-order valence-corrected chi connectivity index (χ3v) is 4.64. The summed E-state index contributed by atoms with van der Waals surface area (Å²) in [7, 11) is 0. The molecule has 0 amide bonds. The highest BCUT2D eigenvalue weighted by Crippen LogP contribution is 2.35. The molecule has 0 saturated heterocycles. The molecule has 0 spiro atoms. The molecule has 2 nitrogen and oxygen atoms in total. The second-order valence-corrected chi connectivity index (χ2v) is 6.60. The summed E-state index contributed by atoms with van der Waals surface area (Å²) in [6, 6.07) is 12.4. The van der Waals surface area contributed by atoms with Gasteiger partial charge in [0, 0.05) is 33.0 Å². The van der Waals surface area contributed by atoms with Crippen LogP contribution in [0.5, 0.6) is 0 Å². The van der Waals surface area contributed by atoms with Crippen LogP contribution in [0.3, 0.4) is 0 Å². The van der Waals surface area contributed by atoms with Crippen molar-refractivity contribution < 1.29 is 9.59 Å². The third kappa shape index (κ3) is 2.88. The fourth-order valence-corrected chi connectivity index (χ4v) is 3.81. The van der Waals surface area contributed by atoms with Crippen molar-refractivity contribution in [1.82, 2.24) is 0 Å². The Kier molecular flexibility index (Phi) is 3.60. The first-order valence-corrected chi connectivity index (χ1v) is 7.77. The van der Waals surface area contributed by atoms with Crippen molar-refractivity contribution >= 4 is 43.1 Å². The second-order valence-electron chi connectivity index (χ2n) is 5.52. The largest absolute Gasteiger partial charge is 0.300 e. The number of Topliss-reactive ketones (excluding diaryl/α,β-unsaturated/α-hetero) is 2. The number of fused-ring (bicyclic) bond motifs is 3. The molecule has 3 heteroatoms. The van der Waals surface area contributed by atoms with Gasteiger partial charge >= 0.3 is 0 Å². The Hall–Kier alpha value is -2.00. The van der Waals surface area contributed by atoms with E-state index in [4.69, 9.17) is 0 Å². The van der Waals surface area contributed by atoms with Crippen LogP contribution in [-0.4, -0.2) is 11.6 Å².